The van der Waals surface area contributed by atoms with Crippen LogP contribution in [-0.4, -0.2) is 0 Å². The van der Waals surface area contributed by atoms with E-state index in [0.29, 0.717) is 12.8 Å². The fourth-order valence-electron chi connectivity index (χ4n) is 1.47. The van der Waals surface area contributed by atoms with E-state index in [1.807, 2.05) is 6.92 Å². The summed E-state index contributed by atoms with van der Waals surface area (Å²) in [6.07, 6.45) is -3.32. The van der Waals surface area contributed by atoms with Gasteiger partial charge in [-0.2, -0.15) is 13.2 Å². The zero-order valence-electron chi connectivity index (χ0n) is 9.22. The lowest BCUT2D eigenvalue weighted by Gasteiger charge is -2.14. The van der Waals surface area contributed by atoms with Crippen molar-refractivity contribution >= 4 is 12.4 Å². The van der Waals surface area contributed by atoms with Gasteiger partial charge in [0.15, 0.2) is 0 Å². The van der Waals surface area contributed by atoms with E-state index in [-0.39, 0.29) is 18.0 Å². The van der Waals surface area contributed by atoms with E-state index in [1.54, 1.807) is 0 Å². The minimum absolute atomic E-state index is 0. The van der Waals surface area contributed by atoms with Crippen molar-refractivity contribution in [2.24, 2.45) is 5.73 Å². The second kappa shape index (κ2) is 6.21. The summed E-state index contributed by atoms with van der Waals surface area (Å²) in [5.41, 5.74) is 4.67. The number of nitrogens with two attached hydrogens (primary N) is 1. The van der Waals surface area contributed by atoms with Crippen LogP contribution in [0.2, 0.25) is 0 Å². The van der Waals surface area contributed by atoms with Crippen molar-refractivity contribution in [2.75, 3.05) is 0 Å². The Balaban J connectivity index is 0.00000256. The van der Waals surface area contributed by atoms with Crippen LogP contribution in [0, 0.1) is 5.82 Å². The summed E-state index contributed by atoms with van der Waals surface area (Å²) < 4.78 is 50.4. The molecule has 1 rings (SSSR count). The van der Waals surface area contributed by atoms with Crippen LogP contribution in [-0.2, 0) is 6.18 Å². The Labute approximate surface area is 103 Å². The average Bonchev–Trinajstić information content (AvgIpc) is 2.16. The van der Waals surface area contributed by atoms with Crippen LogP contribution in [0.5, 0.6) is 0 Å². The molecule has 1 atom stereocenters. The number of alkyl halides is 3. The molecule has 0 aliphatic heterocycles. The summed E-state index contributed by atoms with van der Waals surface area (Å²) in [7, 11) is 0. The largest absolute Gasteiger partial charge is 0.416 e. The Morgan fingerprint density at radius 2 is 1.88 bits per heavy atom. The molecule has 0 bridgehead atoms. The summed E-state index contributed by atoms with van der Waals surface area (Å²) in [6, 6.07) is 1.63. The van der Waals surface area contributed by atoms with Crippen molar-refractivity contribution in [3.8, 4) is 0 Å². The molecule has 0 heterocycles. The summed E-state index contributed by atoms with van der Waals surface area (Å²) in [6.45, 7) is 1.84. The van der Waals surface area contributed by atoms with E-state index in [9.17, 15) is 17.6 Å². The smallest absolute Gasteiger partial charge is 0.324 e. The monoisotopic (exact) mass is 271 g/mol. The topological polar surface area (TPSA) is 26.0 Å². The molecule has 0 aliphatic carbocycles. The molecule has 0 saturated carbocycles. The first kappa shape index (κ1) is 16.2. The van der Waals surface area contributed by atoms with Crippen LogP contribution >= 0.6 is 12.4 Å². The maximum absolute atomic E-state index is 13.3. The molecule has 0 spiro atoms. The quantitative estimate of drug-likeness (QED) is 0.824. The van der Waals surface area contributed by atoms with Crippen LogP contribution in [0.1, 0.15) is 36.9 Å². The lowest BCUT2D eigenvalue weighted by atomic mass is 10.00. The van der Waals surface area contributed by atoms with Crippen LogP contribution in [0.3, 0.4) is 0 Å². The van der Waals surface area contributed by atoms with Gasteiger partial charge in [0.05, 0.1) is 5.56 Å². The molecule has 0 aromatic heterocycles. The van der Waals surface area contributed by atoms with Crippen LogP contribution < -0.4 is 5.73 Å². The van der Waals surface area contributed by atoms with Crippen LogP contribution in [0.25, 0.3) is 0 Å². The average molecular weight is 272 g/mol. The molecule has 1 aromatic rings. The maximum atomic E-state index is 13.3. The molecular formula is C11H14ClF4N. The summed E-state index contributed by atoms with van der Waals surface area (Å²) in [5.74, 6) is -0.686. The number of hydrogen-bond acceptors (Lipinski definition) is 1. The Kier molecular flexibility index (Phi) is 5.92. The Morgan fingerprint density at radius 3 is 2.35 bits per heavy atom. The normalized spacial score (nSPS) is 13.1. The van der Waals surface area contributed by atoms with E-state index in [1.165, 1.54) is 0 Å². The van der Waals surface area contributed by atoms with Gasteiger partial charge in [0.1, 0.15) is 5.82 Å². The molecule has 0 aliphatic rings. The fraction of sp³-hybridized carbons (Fsp3) is 0.455. The molecule has 0 unspecified atom stereocenters. The maximum Gasteiger partial charge on any atom is 0.416 e. The molecule has 0 amide bonds. The van der Waals surface area contributed by atoms with Crippen molar-refractivity contribution in [1.29, 1.82) is 0 Å². The molecule has 6 heteroatoms. The minimum atomic E-state index is -4.46. The molecular weight excluding hydrogens is 258 g/mol. The van der Waals surface area contributed by atoms with Gasteiger partial charge >= 0.3 is 6.18 Å². The van der Waals surface area contributed by atoms with E-state index in [0.717, 1.165) is 18.2 Å². The SMILES string of the molecule is CCC[C@@H](N)c1cc(C(F)(F)F)ccc1F.Cl. The molecule has 98 valence electrons. The van der Waals surface area contributed by atoms with Gasteiger partial charge in [0, 0.05) is 11.6 Å². The highest BCUT2D eigenvalue weighted by Gasteiger charge is 2.31. The second-order valence-electron chi connectivity index (χ2n) is 3.63. The Bertz CT molecular complexity index is 365. The van der Waals surface area contributed by atoms with Crippen LogP contribution in [0.15, 0.2) is 18.2 Å². The highest BCUT2D eigenvalue weighted by Crippen LogP contribution is 2.32. The zero-order valence-corrected chi connectivity index (χ0v) is 10.0. The second-order valence-corrected chi connectivity index (χ2v) is 3.63. The van der Waals surface area contributed by atoms with Gasteiger partial charge in [0.2, 0.25) is 0 Å². The third-order valence-corrected chi connectivity index (χ3v) is 2.32. The molecule has 2 N–H and O–H groups in total. The lowest BCUT2D eigenvalue weighted by molar-refractivity contribution is -0.137. The van der Waals surface area contributed by atoms with Crippen molar-refractivity contribution in [1.82, 2.24) is 0 Å². The summed E-state index contributed by atoms with van der Waals surface area (Å²) >= 11 is 0. The first-order chi connectivity index (χ1) is 7.36. The van der Waals surface area contributed by atoms with Crippen molar-refractivity contribution < 1.29 is 17.6 Å². The first-order valence-corrected chi connectivity index (χ1v) is 4.98. The molecule has 1 aromatic carbocycles. The van der Waals surface area contributed by atoms with Crippen molar-refractivity contribution in [2.45, 2.75) is 32.0 Å². The van der Waals surface area contributed by atoms with E-state index >= 15 is 0 Å². The van der Waals surface area contributed by atoms with Crippen molar-refractivity contribution in [3.05, 3.63) is 35.1 Å². The first-order valence-electron chi connectivity index (χ1n) is 4.98. The predicted molar refractivity (Wildman–Crippen MR) is 60.5 cm³/mol. The highest BCUT2D eigenvalue weighted by atomic mass is 35.5. The van der Waals surface area contributed by atoms with Crippen molar-refractivity contribution in [3.63, 3.8) is 0 Å². The number of hydrogen-bond donors (Lipinski definition) is 1. The number of rotatable bonds is 3. The summed E-state index contributed by atoms with van der Waals surface area (Å²) in [5, 5.41) is 0. The third kappa shape index (κ3) is 4.16. The third-order valence-electron chi connectivity index (χ3n) is 2.32. The van der Waals surface area contributed by atoms with Gasteiger partial charge < -0.3 is 5.73 Å². The van der Waals surface area contributed by atoms with Gasteiger partial charge in [0.25, 0.3) is 0 Å². The van der Waals surface area contributed by atoms with Gasteiger partial charge in [-0.3, -0.25) is 0 Å². The minimum Gasteiger partial charge on any atom is -0.324 e. The van der Waals surface area contributed by atoms with Gasteiger partial charge in [-0.25, -0.2) is 4.39 Å². The molecule has 0 radical (unpaired) electrons. The molecule has 0 saturated heterocycles. The predicted octanol–water partition coefficient (Wildman–Crippen LogP) is 4.07. The Morgan fingerprint density at radius 1 is 1.29 bits per heavy atom. The van der Waals surface area contributed by atoms with Gasteiger partial charge in [-0.1, -0.05) is 13.3 Å². The van der Waals surface area contributed by atoms with Gasteiger partial charge in [-0.15, -0.1) is 12.4 Å². The Hall–Kier alpha value is -0.810. The van der Waals surface area contributed by atoms with Crippen LogP contribution in [0.4, 0.5) is 17.6 Å². The van der Waals surface area contributed by atoms with Gasteiger partial charge in [-0.05, 0) is 24.6 Å². The van der Waals surface area contributed by atoms with E-state index < -0.39 is 23.6 Å². The highest BCUT2D eigenvalue weighted by molar-refractivity contribution is 5.85. The number of halogens is 5. The van der Waals surface area contributed by atoms with E-state index in [4.69, 9.17) is 5.73 Å². The standard InChI is InChI=1S/C11H13F4N.ClH/c1-2-3-10(16)8-6-7(11(13,14)15)4-5-9(8)12;/h4-6,10H,2-3,16H2,1H3;1H/t10-;/m1./s1. The van der Waals surface area contributed by atoms with E-state index in [2.05, 4.69) is 0 Å². The summed E-state index contributed by atoms with van der Waals surface area (Å²) in [4.78, 5) is 0. The molecule has 1 nitrogen and oxygen atoms in total. The lowest BCUT2D eigenvalue weighted by Crippen LogP contribution is -2.14. The zero-order chi connectivity index (χ0) is 12.3. The molecule has 17 heavy (non-hydrogen) atoms. The fourth-order valence-corrected chi connectivity index (χ4v) is 1.47. The number of benzene rings is 1. The molecule has 0 fully saturated rings.